The monoisotopic (exact) mass is 269 g/mol. The highest BCUT2D eigenvalue weighted by Crippen LogP contribution is 2.30. The smallest absolute Gasteiger partial charge is 0.0355 e. The van der Waals surface area contributed by atoms with Crippen LogP contribution in [0.15, 0.2) is 0 Å². The summed E-state index contributed by atoms with van der Waals surface area (Å²) in [4.78, 5) is 5.16. The van der Waals surface area contributed by atoms with Crippen LogP contribution in [0.2, 0.25) is 0 Å². The predicted molar refractivity (Wildman–Crippen MR) is 84.4 cm³/mol. The summed E-state index contributed by atoms with van der Waals surface area (Å²) in [7, 11) is 2.27. The van der Waals surface area contributed by atoms with Crippen LogP contribution < -0.4 is 5.73 Å². The molecule has 0 aliphatic carbocycles. The largest absolute Gasteiger partial charge is 0.329 e. The number of rotatable bonds is 6. The molecule has 19 heavy (non-hydrogen) atoms. The van der Waals surface area contributed by atoms with Gasteiger partial charge in [-0.2, -0.15) is 0 Å². The van der Waals surface area contributed by atoms with E-state index in [1.165, 1.54) is 32.5 Å². The average molecular weight is 269 g/mol. The van der Waals surface area contributed by atoms with Gasteiger partial charge in [-0.1, -0.05) is 27.7 Å². The lowest BCUT2D eigenvalue weighted by molar-refractivity contribution is 0.00627. The fourth-order valence-corrected chi connectivity index (χ4v) is 3.25. The van der Waals surface area contributed by atoms with Crippen LogP contribution in [0.3, 0.4) is 0 Å². The minimum absolute atomic E-state index is 0.219. The minimum Gasteiger partial charge on any atom is -0.329 e. The van der Waals surface area contributed by atoms with Gasteiger partial charge in [0.15, 0.2) is 0 Å². The maximum absolute atomic E-state index is 6.16. The summed E-state index contributed by atoms with van der Waals surface area (Å²) in [6.45, 7) is 16.0. The second-order valence-electron chi connectivity index (χ2n) is 7.22. The van der Waals surface area contributed by atoms with E-state index in [1.807, 2.05) is 0 Å². The van der Waals surface area contributed by atoms with E-state index in [-0.39, 0.29) is 5.54 Å². The van der Waals surface area contributed by atoms with Crippen molar-refractivity contribution in [3.8, 4) is 0 Å². The molecule has 0 amide bonds. The fraction of sp³-hybridized carbons (Fsp3) is 1.00. The number of nitrogens with zero attached hydrogens (tertiary/aromatic N) is 2. The normalized spacial score (nSPS) is 22.4. The standard InChI is InChI=1S/C16H35N3/c1-13(2)11-19-9-7-16(12-17,8-10-19)18(6)15(5)14(3)4/h13-15H,7-12,17H2,1-6H3. The van der Waals surface area contributed by atoms with Crippen LogP contribution in [0.4, 0.5) is 0 Å². The zero-order valence-corrected chi connectivity index (χ0v) is 13.9. The number of likely N-dealkylation sites (tertiary alicyclic amines) is 1. The van der Waals surface area contributed by atoms with Crippen molar-refractivity contribution in [3.63, 3.8) is 0 Å². The highest BCUT2D eigenvalue weighted by atomic mass is 15.2. The Balaban J connectivity index is 2.64. The third-order valence-corrected chi connectivity index (χ3v) is 5.11. The number of likely N-dealkylation sites (N-methyl/N-ethyl adjacent to an activating group) is 1. The van der Waals surface area contributed by atoms with Gasteiger partial charge in [0, 0.05) is 24.7 Å². The second-order valence-corrected chi connectivity index (χ2v) is 7.22. The lowest BCUT2D eigenvalue weighted by Gasteiger charge is -2.50. The van der Waals surface area contributed by atoms with Gasteiger partial charge in [-0.05, 0) is 51.7 Å². The average Bonchev–Trinajstić information content (AvgIpc) is 2.37. The molecule has 1 aliphatic rings. The first-order valence-corrected chi connectivity index (χ1v) is 7.97. The molecule has 0 spiro atoms. The second kappa shape index (κ2) is 7.05. The van der Waals surface area contributed by atoms with E-state index in [2.05, 4.69) is 51.5 Å². The summed E-state index contributed by atoms with van der Waals surface area (Å²) in [6.07, 6.45) is 2.42. The van der Waals surface area contributed by atoms with Crippen LogP contribution in [-0.2, 0) is 0 Å². The Labute approximate surface area is 120 Å². The van der Waals surface area contributed by atoms with Crippen LogP contribution >= 0.6 is 0 Å². The maximum Gasteiger partial charge on any atom is 0.0355 e. The first-order valence-electron chi connectivity index (χ1n) is 7.97. The summed E-state index contributed by atoms with van der Waals surface area (Å²) in [5.74, 6) is 1.44. The summed E-state index contributed by atoms with van der Waals surface area (Å²) in [5, 5.41) is 0. The predicted octanol–water partition coefficient (Wildman–Crippen LogP) is 2.41. The number of hydrogen-bond acceptors (Lipinski definition) is 3. The fourth-order valence-electron chi connectivity index (χ4n) is 3.25. The molecule has 0 aromatic carbocycles. The Kier molecular flexibility index (Phi) is 6.28. The molecule has 1 rings (SSSR count). The minimum atomic E-state index is 0.219. The summed E-state index contributed by atoms with van der Waals surface area (Å²) >= 11 is 0. The molecule has 2 N–H and O–H groups in total. The molecule has 1 heterocycles. The number of piperidine rings is 1. The van der Waals surface area contributed by atoms with Gasteiger partial charge in [-0.25, -0.2) is 0 Å². The van der Waals surface area contributed by atoms with Crippen LogP contribution in [0.25, 0.3) is 0 Å². The molecule has 1 fully saturated rings. The van der Waals surface area contributed by atoms with Crippen molar-refractivity contribution in [2.24, 2.45) is 17.6 Å². The third-order valence-electron chi connectivity index (χ3n) is 5.11. The third kappa shape index (κ3) is 4.17. The summed E-state index contributed by atoms with van der Waals surface area (Å²) in [6, 6.07) is 0.597. The van der Waals surface area contributed by atoms with Crippen LogP contribution in [-0.4, -0.2) is 54.6 Å². The van der Waals surface area contributed by atoms with Crippen molar-refractivity contribution in [2.45, 2.75) is 59.0 Å². The Morgan fingerprint density at radius 3 is 2.00 bits per heavy atom. The summed E-state index contributed by atoms with van der Waals surface area (Å²) in [5.41, 5.74) is 6.38. The van der Waals surface area contributed by atoms with Gasteiger partial charge in [0.2, 0.25) is 0 Å². The molecule has 3 nitrogen and oxygen atoms in total. The van der Waals surface area contributed by atoms with Gasteiger partial charge in [0.05, 0.1) is 0 Å². The maximum atomic E-state index is 6.16. The Morgan fingerprint density at radius 1 is 1.11 bits per heavy atom. The first-order chi connectivity index (χ1) is 8.82. The zero-order valence-electron chi connectivity index (χ0n) is 13.9. The van der Waals surface area contributed by atoms with E-state index < -0.39 is 0 Å². The zero-order chi connectivity index (χ0) is 14.6. The highest BCUT2D eigenvalue weighted by Gasteiger charge is 2.39. The van der Waals surface area contributed by atoms with E-state index in [0.717, 1.165) is 12.5 Å². The van der Waals surface area contributed by atoms with E-state index in [4.69, 9.17) is 5.73 Å². The quantitative estimate of drug-likeness (QED) is 0.804. The Morgan fingerprint density at radius 2 is 1.63 bits per heavy atom. The molecule has 1 unspecified atom stereocenters. The van der Waals surface area contributed by atoms with E-state index in [0.29, 0.717) is 12.0 Å². The molecule has 114 valence electrons. The van der Waals surface area contributed by atoms with Crippen molar-refractivity contribution in [1.29, 1.82) is 0 Å². The lowest BCUT2D eigenvalue weighted by Crippen LogP contribution is -2.61. The van der Waals surface area contributed by atoms with Crippen molar-refractivity contribution in [1.82, 2.24) is 9.80 Å². The topological polar surface area (TPSA) is 32.5 Å². The summed E-state index contributed by atoms with van der Waals surface area (Å²) < 4.78 is 0. The SMILES string of the molecule is CC(C)CN1CCC(CN)(N(C)C(C)C(C)C)CC1. The number of nitrogens with two attached hydrogens (primary N) is 1. The molecule has 0 bridgehead atoms. The van der Waals surface area contributed by atoms with Crippen molar-refractivity contribution < 1.29 is 0 Å². The van der Waals surface area contributed by atoms with Crippen LogP contribution in [0.5, 0.6) is 0 Å². The van der Waals surface area contributed by atoms with Crippen molar-refractivity contribution in [3.05, 3.63) is 0 Å². The van der Waals surface area contributed by atoms with E-state index in [9.17, 15) is 0 Å². The molecular formula is C16H35N3. The van der Waals surface area contributed by atoms with E-state index >= 15 is 0 Å². The molecule has 0 radical (unpaired) electrons. The molecule has 1 aliphatic heterocycles. The van der Waals surface area contributed by atoms with Crippen molar-refractivity contribution in [2.75, 3.05) is 33.2 Å². The highest BCUT2D eigenvalue weighted by molar-refractivity contribution is 4.97. The molecule has 0 saturated carbocycles. The van der Waals surface area contributed by atoms with Crippen molar-refractivity contribution >= 4 is 0 Å². The molecule has 0 aromatic heterocycles. The van der Waals surface area contributed by atoms with Gasteiger partial charge < -0.3 is 10.6 Å². The Hall–Kier alpha value is -0.120. The lowest BCUT2D eigenvalue weighted by atomic mass is 9.83. The van der Waals surface area contributed by atoms with Gasteiger partial charge >= 0.3 is 0 Å². The molecule has 0 aromatic rings. The van der Waals surface area contributed by atoms with Crippen LogP contribution in [0, 0.1) is 11.8 Å². The van der Waals surface area contributed by atoms with Crippen LogP contribution in [0.1, 0.15) is 47.5 Å². The van der Waals surface area contributed by atoms with Gasteiger partial charge in [0.25, 0.3) is 0 Å². The van der Waals surface area contributed by atoms with Gasteiger partial charge in [0.1, 0.15) is 0 Å². The molecule has 1 atom stereocenters. The first kappa shape index (κ1) is 16.9. The van der Waals surface area contributed by atoms with Gasteiger partial charge in [-0.15, -0.1) is 0 Å². The Bertz CT molecular complexity index is 255. The molecule has 1 saturated heterocycles. The number of hydrogen-bond donors (Lipinski definition) is 1. The molecular weight excluding hydrogens is 234 g/mol. The van der Waals surface area contributed by atoms with Gasteiger partial charge in [-0.3, -0.25) is 4.90 Å². The molecule has 3 heteroatoms. The van der Waals surface area contributed by atoms with E-state index in [1.54, 1.807) is 0 Å².